The zero-order valence-corrected chi connectivity index (χ0v) is 56.6. The second kappa shape index (κ2) is 29.2. The number of carbonyl (C=O) groups is 9. The average molecular weight is 1380 g/mol. The third-order valence-corrected chi connectivity index (χ3v) is 19.1. The third kappa shape index (κ3) is 13.4. The molecular formula is C75H75N15O12. The molecular weight excluding hydrogens is 1300 g/mol. The first-order valence-corrected chi connectivity index (χ1v) is 33.8. The van der Waals surface area contributed by atoms with Crippen LogP contribution in [0.1, 0.15) is 137 Å². The molecule has 0 unspecified atom stereocenters. The van der Waals surface area contributed by atoms with Crippen LogP contribution in [0.25, 0.3) is 17.1 Å². The first kappa shape index (κ1) is 68.1. The van der Waals surface area contributed by atoms with E-state index in [4.69, 9.17) is 31.4 Å². The van der Waals surface area contributed by atoms with Gasteiger partial charge in [-0.25, -0.2) is 14.0 Å². The van der Waals surface area contributed by atoms with E-state index >= 15 is 0 Å². The van der Waals surface area contributed by atoms with Gasteiger partial charge in [-0.05, 0) is 203 Å². The Hall–Kier alpha value is -12.4. The van der Waals surface area contributed by atoms with Gasteiger partial charge < -0.3 is 60.8 Å². The Bertz CT molecular complexity index is 4260. The summed E-state index contributed by atoms with van der Waals surface area (Å²) in [6.45, 7) is 3.30. The maximum Gasteiger partial charge on any atom is 0.277 e. The minimum atomic E-state index is -0.666. The third-order valence-electron chi connectivity index (χ3n) is 19.1. The predicted molar refractivity (Wildman–Crippen MR) is 380 cm³/mol. The van der Waals surface area contributed by atoms with Crippen LogP contribution in [0.4, 0.5) is 34.1 Å². The molecule has 27 heteroatoms. The van der Waals surface area contributed by atoms with E-state index in [0.29, 0.717) is 163 Å². The molecule has 15 rings (SSSR count). The number of methoxy groups -OCH3 is 3. The van der Waals surface area contributed by atoms with Crippen molar-refractivity contribution < 1.29 is 57.4 Å². The summed E-state index contributed by atoms with van der Waals surface area (Å²) in [6.07, 6.45) is 8.75. The summed E-state index contributed by atoms with van der Waals surface area (Å²) in [5, 5.41) is 13.2. The summed E-state index contributed by atoms with van der Waals surface area (Å²) < 4.78 is 20.1. The van der Waals surface area contributed by atoms with Gasteiger partial charge in [0.1, 0.15) is 34.3 Å². The molecule has 3 aromatic heterocycles. The molecule has 9 heterocycles. The van der Waals surface area contributed by atoms with E-state index in [1.807, 2.05) is 72.8 Å². The fourth-order valence-corrected chi connectivity index (χ4v) is 13.8. The number of fused-ring (bicyclic) bond motifs is 3. The normalized spacial score (nSPS) is 15.9. The van der Waals surface area contributed by atoms with Crippen LogP contribution in [0, 0.1) is 0 Å². The molecule has 3 fully saturated rings. The van der Waals surface area contributed by atoms with Crippen LogP contribution in [0.2, 0.25) is 0 Å². The molecule has 522 valence electrons. The minimum Gasteiger partial charge on any atom is -0.497 e. The van der Waals surface area contributed by atoms with Crippen LogP contribution in [0.15, 0.2) is 146 Å². The Morgan fingerprint density at radius 1 is 0.294 bits per heavy atom. The van der Waals surface area contributed by atoms with Gasteiger partial charge in [-0.15, -0.1) is 0 Å². The number of primary amides is 3. The number of nitrogens with two attached hydrogens (primary N) is 3. The lowest BCUT2D eigenvalue weighted by molar-refractivity contribution is -0.120. The largest absolute Gasteiger partial charge is 0.497 e. The van der Waals surface area contributed by atoms with Crippen molar-refractivity contribution in [1.82, 2.24) is 29.3 Å². The van der Waals surface area contributed by atoms with Crippen molar-refractivity contribution in [2.45, 2.75) is 77.0 Å². The Morgan fingerprint density at radius 3 is 0.716 bits per heavy atom. The Balaban J connectivity index is 0.000000137. The van der Waals surface area contributed by atoms with E-state index in [0.717, 1.165) is 55.6 Å². The standard InChI is InChI=1S/3C25H25N5O4/c3*1-34-19-11-9-18(10-12-19)30-23-20(22(27-30)24(26)32)13-15-29(25(23)33)17-7-5-16(6-8-17)28-14-3-2-4-21(28)31/h3*5-12H,2-4,13-15H2,1H3,(H2,26,32). The molecule has 6 aliphatic rings. The first-order chi connectivity index (χ1) is 49.4. The highest BCUT2D eigenvalue weighted by Crippen LogP contribution is 2.36. The van der Waals surface area contributed by atoms with Gasteiger partial charge in [0.15, 0.2) is 17.1 Å². The number of rotatable bonds is 15. The molecule has 0 bridgehead atoms. The number of hydrogen-bond acceptors (Lipinski definition) is 15. The summed E-state index contributed by atoms with van der Waals surface area (Å²) in [5.41, 5.74) is 26.2. The van der Waals surface area contributed by atoms with Gasteiger partial charge in [0, 0.05) is 109 Å². The fourth-order valence-electron chi connectivity index (χ4n) is 13.8. The molecule has 27 nitrogen and oxygen atoms in total. The van der Waals surface area contributed by atoms with Gasteiger partial charge in [-0.3, -0.25) is 43.2 Å². The summed E-state index contributed by atoms with van der Waals surface area (Å²) in [4.78, 5) is 124. The van der Waals surface area contributed by atoms with Gasteiger partial charge in [0.05, 0.1) is 38.4 Å². The molecule has 9 aromatic rings. The number of piperidine rings is 3. The second-order valence-electron chi connectivity index (χ2n) is 25.1. The van der Waals surface area contributed by atoms with E-state index in [2.05, 4.69) is 15.3 Å². The van der Waals surface area contributed by atoms with Crippen molar-refractivity contribution >= 4 is 87.3 Å². The Kier molecular flexibility index (Phi) is 19.5. The SMILES string of the molecule is COc1ccc(-n2nc(C(N)=O)c3c2C(=O)N(c2ccc(N4CCCCC4=O)cc2)CC3)cc1.COc1ccc(-n2nc(C(N)=O)c3c2C(=O)N(c2ccc(N4CCCCC4=O)cc2)CC3)cc1.COc1ccc(-n2nc(C(N)=O)c3c2C(=O)N(c2ccc(N4CCCCC4=O)cc2)CC3)cc1. The Morgan fingerprint density at radius 2 is 0.510 bits per heavy atom. The lowest BCUT2D eigenvalue weighted by Gasteiger charge is -2.29. The molecule has 102 heavy (non-hydrogen) atoms. The van der Waals surface area contributed by atoms with E-state index in [9.17, 15) is 43.2 Å². The highest BCUT2D eigenvalue weighted by atomic mass is 16.5. The number of nitrogens with zero attached hydrogens (tertiary/aromatic N) is 12. The van der Waals surface area contributed by atoms with Gasteiger partial charge >= 0.3 is 0 Å². The summed E-state index contributed by atoms with van der Waals surface area (Å²) in [7, 11) is 4.72. The summed E-state index contributed by atoms with van der Waals surface area (Å²) in [6, 6.07) is 43.5. The molecule has 0 aliphatic carbocycles. The van der Waals surface area contributed by atoms with Gasteiger partial charge in [-0.1, -0.05) is 0 Å². The number of anilines is 6. The van der Waals surface area contributed by atoms with Crippen LogP contribution in [0.5, 0.6) is 17.2 Å². The van der Waals surface area contributed by atoms with E-state index in [1.54, 1.807) is 124 Å². The number of aromatic nitrogens is 6. The zero-order chi connectivity index (χ0) is 71.5. The Labute approximate surface area is 586 Å². The quantitative estimate of drug-likeness (QED) is 0.0873. The van der Waals surface area contributed by atoms with Gasteiger partial charge in [0.25, 0.3) is 35.4 Å². The van der Waals surface area contributed by atoms with Gasteiger partial charge in [-0.2, -0.15) is 15.3 Å². The van der Waals surface area contributed by atoms with E-state index < -0.39 is 17.7 Å². The monoisotopic (exact) mass is 1380 g/mol. The van der Waals surface area contributed by atoms with Crippen molar-refractivity contribution in [3.8, 4) is 34.3 Å². The lowest BCUT2D eigenvalue weighted by Crippen LogP contribution is -2.39. The van der Waals surface area contributed by atoms with Gasteiger partial charge in [0.2, 0.25) is 17.7 Å². The van der Waals surface area contributed by atoms with Crippen molar-refractivity contribution in [2.75, 3.05) is 90.0 Å². The van der Waals surface area contributed by atoms with Crippen LogP contribution in [-0.4, -0.2) is 143 Å². The van der Waals surface area contributed by atoms with Crippen LogP contribution in [0.3, 0.4) is 0 Å². The lowest BCUT2D eigenvalue weighted by atomic mass is 10.0. The number of carbonyl (C=O) groups excluding carboxylic acids is 9. The average Bonchev–Trinajstić information content (AvgIpc) is 1.59. The molecule has 6 N–H and O–H groups in total. The highest BCUT2D eigenvalue weighted by Gasteiger charge is 2.39. The zero-order valence-electron chi connectivity index (χ0n) is 56.6. The highest BCUT2D eigenvalue weighted by molar-refractivity contribution is 6.12. The smallest absolute Gasteiger partial charge is 0.277 e. The van der Waals surface area contributed by atoms with Crippen molar-refractivity contribution in [1.29, 1.82) is 0 Å². The predicted octanol–water partition coefficient (Wildman–Crippen LogP) is 8.10. The number of amides is 9. The van der Waals surface area contributed by atoms with Crippen molar-refractivity contribution in [2.24, 2.45) is 17.2 Å². The molecule has 0 atom stereocenters. The molecule has 0 spiro atoms. The van der Waals surface area contributed by atoms with E-state index in [-0.39, 0.29) is 52.5 Å². The maximum absolute atomic E-state index is 13.6. The van der Waals surface area contributed by atoms with E-state index in [1.165, 1.54) is 14.0 Å². The van der Waals surface area contributed by atoms with Crippen LogP contribution < -0.4 is 60.8 Å². The molecule has 6 aliphatic heterocycles. The summed E-state index contributed by atoms with van der Waals surface area (Å²) >= 11 is 0. The van der Waals surface area contributed by atoms with Crippen LogP contribution >= 0.6 is 0 Å². The number of ether oxygens (including phenoxy) is 3. The molecule has 6 aromatic carbocycles. The fraction of sp³-hybridized carbons (Fsp3) is 0.280. The molecule has 0 saturated carbocycles. The topological polar surface area (TPSA) is 332 Å². The second-order valence-corrected chi connectivity index (χ2v) is 25.1. The summed E-state index contributed by atoms with van der Waals surface area (Å²) in [5.74, 6) is -0.418. The number of benzene rings is 6. The van der Waals surface area contributed by atoms with Crippen molar-refractivity contribution in [3.63, 3.8) is 0 Å². The molecule has 9 amide bonds. The first-order valence-electron chi connectivity index (χ1n) is 33.8. The molecule has 0 radical (unpaired) electrons. The number of hydrogen-bond donors (Lipinski definition) is 3. The minimum absolute atomic E-state index is 0.109. The molecule has 3 saturated heterocycles. The van der Waals surface area contributed by atoms with Crippen molar-refractivity contribution in [3.05, 3.63) is 196 Å². The maximum atomic E-state index is 13.6. The van der Waals surface area contributed by atoms with Crippen LogP contribution in [-0.2, 0) is 33.6 Å².